The van der Waals surface area contributed by atoms with E-state index in [1.165, 1.54) is 0 Å². The molecular formula is C12H16ClNO. The zero-order chi connectivity index (χ0) is 11.3. The summed E-state index contributed by atoms with van der Waals surface area (Å²) in [6.45, 7) is 4.30. The summed E-state index contributed by atoms with van der Waals surface area (Å²) in [5.74, 6) is 0.679. The van der Waals surface area contributed by atoms with Gasteiger partial charge in [-0.3, -0.25) is 9.78 Å². The lowest BCUT2D eigenvalue weighted by molar-refractivity contribution is 0.0973. The highest BCUT2D eigenvalue weighted by atomic mass is 35.5. The number of hydrogen-bond donors (Lipinski definition) is 0. The quantitative estimate of drug-likeness (QED) is 0.715. The molecule has 0 spiro atoms. The van der Waals surface area contributed by atoms with Crippen molar-refractivity contribution in [1.82, 2.24) is 4.98 Å². The van der Waals surface area contributed by atoms with Crippen LogP contribution < -0.4 is 0 Å². The van der Waals surface area contributed by atoms with E-state index in [4.69, 9.17) is 11.6 Å². The van der Waals surface area contributed by atoms with Gasteiger partial charge in [-0.15, -0.1) is 0 Å². The van der Waals surface area contributed by atoms with Crippen molar-refractivity contribution < 1.29 is 4.79 Å². The van der Waals surface area contributed by atoms with Crippen molar-refractivity contribution in [3.8, 4) is 0 Å². The molecule has 0 aromatic carbocycles. The maximum atomic E-state index is 11.7. The van der Waals surface area contributed by atoms with Gasteiger partial charge in [-0.25, -0.2) is 0 Å². The number of nitrogens with zero attached hydrogens (tertiary/aromatic N) is 1. The molecule has 1 heterocycles. The van der Waals surface area contributed by atoms with Crippen LogP contribution in [0.1, 0.15) is 43.6 Å². The van der Waals surface area contributed by atoms with Crippen LogP contribution in [0.3, 0.4) is 0 Å². The Morgan fingerprint density at radius 2 is 2.27 bits per heavy atom. The molecule has 1 rings (SSSR count). The van der Waals surface area contributed by atoms with Crippen LogP contribution in [0.15, 0.2) is 18.3 Å². The van der Waals surface area contributed by atoms with E-state index in [1.54, 1.807) is 18.3 Å². The van der Waals surface area contributed by atoms with Gasteiger partial charge in [0.1, 0.15) is 5.69 Å². The van der Waals surface area contributed by atoms with Crippen LogP contribution >= 0.6 is 11.6 Å². The van der Waals surface area contributed by atoms with Crippen LogP contribution in [-0.4, -0.2) is 10.8 Å². The van der Waals surface area contributed by atoms with Gasteiger partial charge in [0.15, 0.2) is 5.78 Å². The number of pyridine rings is 1. The second kappa shape index (κ2) is 5.86. The molecule has 0 radical (unpaired) electrons. The first-order valence-corrected chi connectivity index (χ1v) is 5.62. The van der Waals surface area contributed by atoms with E-state index < -0.39 is 0 Å². The van der Waals surface area contributed by atoms with Crippen molar-refractivity contribution in [1.29, 1.82) is 0 Å². The Balaban J connectivity index is 2.51. The van der Waals surface area contributed by atoms with Gasteiger partial charge >= 0.3 is 0 Å². The number of halogens is 1. The lowest BCUT2D eigenvalue weighted by atomic mass is 10.0. The number of aromatic nitrogens is 1. The van der Waals surface area contributed by atoms with Crippen molar-refractivity contribution in [2.75, 3.05) is 0 Å². The van der Waals surface area contributed by atoms with E-state index in [2.05, 4.69) is 18.8 Å². The van der Waals surface area contributed by atoms with Gasteiger partial charge in [0.2, 0.25) is 0 Å². The minimum Gasteiger partial charge on any atom is -0.292 e. The van der Waals surface area contributed by atoms with Crippen molar-refractivity contribution in [2.45, 2.75) is 33.1 Å². The van der Waals surface area contributed by atoms with Gasteiger partial charge < -0.3 is 0 Å². The smallest absolute Gasteiger partial charge is 0.182 e. The number of hydrogen-bond acceptors (Lipinski definition) is 2. The van der Waals surface area contributed by atoms with Crippen LogP contribution in [0.5, 0.6) is 0 Å². The van der Waals surface area contributed by atoms with Gasteiger partial charge in [-0.1, -0.05) is 31.9 Å². The summed E-state index contributed by atoms with van der Waals surface area (Å²) in [4.78, 5) is 15.7. The lowest BCUT2D eigenvalue weighted by Gasteiger charge is -2.04. The van der Waals surface area contributed by atoms with Crippen LogP contribution in [0.25, 0.3) is 0 Å². The fourth-order valence-corrected chi connectivity index (χ4v) is 1.61. The Kier molecular flexibility index (Phi) is 4.76. The third kappa shape index (κ3) is 4.00. The van der Waals surface area contributed by atoms with Crippen LogP contribution in [-0.2, 0) is 0 Å². The predicted octanol–water partition coefficient (Wildman–Crippen LogP) is 3.74. The van der Waals surface area contributed by atoms with Gasteiger partial charge in [-0.05, 0) is 24.5 Å². The monoisotopic (exact) mass is 225 g/mol. The lowest BCUT2D eigenvalue weighted by Crippen LogP contribution is -2.03. The molecule has 15 heavy (non-hydrogen) atoms. The van der Waals surface area contributed by atoms with Crippen molar-refractivity contribution in [3.05, 3.63) is 29.0 Å². The molecule has 0 saturated heterocycles. The number of carbonyl (C=O) groups excluding carboxylic acids is 1. The summed E-state index contributed by atoms with van der Waals surface area (Å²) < 4.78 is 0. The number of ketones is 1. The summed E-state index contributed by atoms with van der Waals surface area (Å²) in [5, 5.41) is 0.451. The van der Waals surface area contributed by atoms with E-state index in [0.717, 1.165) is 12.8 Å². The summed E-state index contributed by atoms with van der Waals surface area (Å²) in [6, 6.07) is 3.43. The van der Waals surface area contributed by atoms with E-state index >= 15 is 0 Å². The van der Waals surface area contributed by atoms with Crippen LogP contribution in [0.4, 0.5) is 0 Å². The molecule has 1 aromatic heterocycles. The Morgan fingerprint density at radius 3 is 2.87 bits per heavy atom. The molecular weight excluding hydrogens is 210 g/mol. The highest BCUT2D eigenvalue weighted by Crippen LogP contribution is 2.16. The molecule has 0 aliphatic rings. The molecule has 0 aliphatic heterocycles. The molecule has 82 valence electrons. The van der Waals surface area contributed by atoms with Crippen LogP contribution in [0, 0.1) is 5.92 Å². The fourth-order valence-electron chi connectivity index (χ4n) is 1.38. The Morgan fingerprint density at radius 1 is 1.53 bits per heavy atom. The minimum atomic E-state index is 0.0428. The molecule has 0 aliphatic carbocycles. The van der Waals surface area contributed by atoms with Gasteiger partial charge in [0, 0.05) is 12.6 Å². The van der Waals surface area contributed by atoms with Crippen molar-refractivity contribution in [2.24, 2.45) is 5.92 Å². The molecule has 2 nitrogen and oxygen atoms in total. The predicted molar refractivity (Wildman–Crippen MR) is 62.3 cm³/mol. The SMILES string of the molecule is CC(C)CCCC(=O)c1ncccc1Cl. The molecule has 0 saturated carbocycles. The standard InChI is InChI=1S/C12H16ClNO/c1-9(2)5-3-7-11(15)12-10(13)6-4-8-14-12/h4,6,8-9H,3,5,7H2,1-2H3. The number of Topliss-reactive ketones (excluding diaryl/α,β-unsaturated/α-hetero) is 1. The zero-order valence-corrected chi connectivity index (χ0v) is 9.92. The zero-order valence-electron chi connectivity index (χ0n) is 9.16. The first kappa shape index (κ1) is 12.2. The van der Waals surface area contributed by atoms with Gasteiger partial charge in [0.05, 0.1) is 5.02 Å². The third-order valence-electron chi connectivity index (χ3n) is 2.21. The first-order valence-electron chi connectivity index (χ1n) is 5.25. The van der Waals surface area contributed by atoms with E-state index in [-0.39, 0.29) is 5.78 Å². The second-order valence-electron chi connectivity index (χ2n) is 4.04. The fraction of sp³-hybridized carbons (Fsp3) is 0.500. The average molecular weight is 226 g/mol. The Labute approximate surface area is 95.7 Å². The van der Waals surface area contributed by atoms with E-state index in [9.17, 15) is 4.79 Å². The number of carbonyl (C=O) groups is 1. The highest BCUT2D eigenvalue weighted by Gasteiger charge is 2.10. The molecule has 0 atom stereocenters. The molecule has 0 unspecified atom stereocenters. The maximum absolute atomic E-state index is 11.7. The second-order valence-corrected chi connectivity index (χ2v) is 4.45. The van der Waals surface area contributed by atoms with E-state index in [0.29, 0.717) is 23.1 Å². The largest absolute Gasteiger partial charge is 0.292 e. The molecule has 0 amide bonds. The number of rotatable bonds is 5. The molecule has 0 fully saturated rings. The molecule has 0 N–H and O–H groups in total. The highest BCUT2D eigenvalue weighted by molar-refractivity contribution is 6.33. The first-order chi connectivity index (χ1) is 7.11. The summed E-state index contributed by atoms with van der Waals surface area (Å²) >= 11 is 5.88. The molecule has 1 aromatic rings. The maximum Gasteiger partial charge on any atom is 0.182 e. The topological polar surface area (TPSA) is 30.0 Å². The summed E-state index contributed by atoms with van der Waals surface area (Å²) in [6.07, 6.45) is 4.11. The summed E-state index contributed by atoms with van der Waals surface area (Å²) in [7, 11) is 0. The normalized spacial score (nSPS) is 10.7. The van der Waals surface area contributed by atoms with Crippen LogP contribution in [0.2, 0.25) is 5.02 Å². The summed E-state index contributed by atoms with van der Waals surface area (Å²) in [5.41, 5.74) is 0.405. The minimum absolute atomic E-state index is 0.0428. The Bertz CT molecular complexity index is 336. The van der Waals surface area contributed by atoms with E-state index in [1.807, 2.05) is 0 Å². The van der Waals surface area contributed by atoms with Gasteiger partial charge in [-0.2, -0.15) is 0 Å². The Hall–Kier alpha value is -0.890. The molecule has 3 heteroatoms. The third-order valence-corrected chi connectivity index (χ3v) is 2.51. The van der Waals surface area contributed by atoms with Crippen molar-refractivity contribution in [3.63, 3.8) is 0 Å². The molecule has 0 bridgehead atoms. The average Bonchev–Trinajstić information content (AvgIpc) is 2.17. The van der Waals surface area contributed by atoms with Crippen molar-refractivity contribution >= 4 is 17.4 Å². The van der Waals surface area contributed by atoms with Gasteiger partial charge in [0.25, 0.3) is 0 Å².